The molecule has 0 saturated heterocycles. The zero-order valence-electron chi connectivity index (χ0n) is 11.7. The Morgan fingerprint density at radius 1 is 1.40 bits per heavy atom. The lowest BCUT2D eigenvalue weighted by Gasteiger charge is -2.19. The molecule has 0 aliphatic carbocycles. The van der Waals surface area contributed by atoms with E-state index in [0.29, 0.717) is 0 Å². The lowest BCUT2D eigenvalue weighted by molar-refractivity contribution is 0.0598. The van der Waals surface area contributed by atoms with Gasteiger partial charge in [0.15, 0.2) is 5.82 Å². The molecule has 0 aliphatic rings. The van der Waals surface area contributed by atoms with Gasteiger partial charge in [-0.3, -0.25) is 5.32 Å². The third-order valence-corrected chi connectivity index (χ3v) is 2.05. The molecule has 0 spiro atoms. The van der Waals surface area contributed by atoms with Crippen LogP contribution in [-0.2, 0) is 9.47 Å². The molecular weight excluding hydrogens is 262 g/mol. The highest BCUT2D eigenvalue weighted by molar-refractivity contribution is 5.91. The molecule has 1 aromatic heterocycles. The number of nitriles is 1. The first-order valence-electron chi connectivity index (χ1n) is 5.75. The highest BCUT2D eigenvalue weighted by Gasteiger charge is 2.18. The summed E-state index contributed by atoms with van der Waals surface area (Å²) in [6.45, 7) is 5.14. The van der Waals surface area contributed by atoms with E-state index in [4.69, 9.17) is 10.00 Å². The maximum absolute atomic E-state index is 11.6. The molecule has 0 fully saturated rings. The molecule has 1 rings (SSSR count). The minimum absolute atomic E-state index is 0.0226. The van der Waals surface area contributed by atoms with E-state index in [2.05, 4.69) is 15.0 Å². The summed E-state index contributed by atoms with van der Waals surface area (Å²) in [5.74, 6) is -0.591. The lowest BCUT2D eigenvalue weighted by Crippen LogP contribution is -2.27. The maximum atomic E-state index is 11.6. The third kappa shape index (κ3) is 4.24. The fraction of sp³-hybridized carbons (Fsp3) is 0.385. The van der Waals surface area contributed by atoms with Gasteiger partial charge >= 0.3 is 12.1 Å². The number of aromatic nitrogens is 1. The van der Waals surface area contributed by atoms with Gasteiger partial charge in [-0.1, -0.05) is 0 Å². The minimum Gasteiger partial charge on any atom is -0.465 e. The van der Waals surface area contributed by atoms with Crippen molar-refractivity contribution in [1.82, 2.24) is 4.98 Å². The number of amides is 1. The normalized spacial score (nSPS) is 10.3. The molecular formula is C13H15N3O4. The number of nitrogens with one attached hydrogen (secondary N) is 1. The zero-order chi connectivity index (χ0) is 15.3. The first kappa shape index (κ1) is 15.4. The molecule has 7 heteroatoms. The van der Waals surface area contributed by atoms with Gasteiger partial charge < -0.3 is 9.47 Å². The second kappa shape index (κ2) is 6.02. The summed E-state index contributed by atoms with van der Waals surface area (Å²) in [6.07, 6.45) is 0.478. The highest BCUT2D eigenvalue weighted by atomic mass is 16.6. The Bertz CT molecular complexity index is 570. The van der Waals surface area contributed by atoms with E-state index in [1.54, 1.807) is 20.8 Å². The first-order chi connectivity index (χ1) is 9.26. The second-order valence-electron chi connectivity index (χ2n) is 4.85. The monoisotopic (exact) mass is 277 g/mol. The van der Waals surface area contributed by atoms with Crippen LogP contribution in [0.15, 0.2) is 12.3 Å². The van der Waals surface area contributed by atoms with Crippen LogP contribution in [-0.4, -0.2) is 29.8 Å². The molecule has 106 valence electrons. The molecule has 7 nitrogen and oxygen atoms in total. The molecule has 0 bridgehead atoms. The number of carbonyl (C=O) groups excluding carboxylic acids is 2. The molecule has 1 N–H and O–H groups in total. The zero-order valence-corrected chi connectivity index (χ0v) is 11.7. The number of anilines is 1. The van der Waals surface area contributed by atoms with E-state index >= 15 is 0 Å². The molecule has 0 aliphatic heterocycles. The summed E-state index contributed by atoms with van der Waals surface area (Å²) < 4.78 is 9.57. The molecule has 20 heavy (non-hydrogen) atoms. The van der Waals surface area contributed by atoms with Gasteiger partial charge in [0, 0.05) is 6.20 Å². The molecule has 0 radical (unpaired) electrons. The van der Waals surface area contributed by atoms with Crippen LogP contribution in [0.2, 0.25) is 0 Å². The predicted octanol–water partition coefficient (Wildman–Crippen LogP) is 2.09. The van der Waals surface area contributed by atoms with Crippen molar-refractivity contribution in [2.24, 2.45) is 0 Å². The Balaban J connectivity index is 2.95. The fourth-order valence-corrected chi connectivity index (χ4v) is 1.28. The van der Waals surface area contributed by atoms with Crippen molar-refractivity contribution < 1.29 is 19.1 Å². The fourth-order valence-electron chi connectivity index (χ4n) is 1.28. The van der Waals surface area contributed by atoms with Crippen molar-refractivity contribution in [3.63, 3.8) is 0 Å². The van der Waals surface area contributed by atoms with Gasteiger partial charge in [0.05, 0.1) is 18.2 Å². The van der Waals surface area contributed by atoms with Crippen LogP contribution in [0, 0.1) is 11.3 Å². The topological polar surface area (TPSA) is 101 Å². The van der Waals surface area contributed by atoms with Crippen molar-refractivity contribution in [3.8, 4) is 6.07 Å². The average molecular weight is 277 g/mol. The van der Waals surface area contributed by atoms with Crippen molar-refractivity contribution in [2.45, 2.75) is 26.4 Å². The molecule has 1 heterocycles. The Morgan fingerprint density at radius 3 is 2.55 bits per heavy atom. The van der Waals surface area contributed by atoms with Gasteiger partial charge in [0.2, 0.25) is 0 Å². The second-order valence-corrected chi connectivity index (χ2v) is 4.85. The number of ether oxygens (including phenoxy) is 2. The maximum Gasteiger partial charge on any atom is 0.413 e. The van der Waals surface area contributed by atoms with E-state index in [9.17, 15) is 9.59 Å². The van der Waals surface area contributed by atoms with Gasteiger partial charge in [-0.25, -0.2) is 14.6 Å². The Kier molecular flexibility index (Phi) is 4.64. The summed E-state index contributed by atoms with van der Waals surface area (Å²) in [7, 11) is 1.22. The molecule has 1 amide bonds. The SMILES string of the molecule is COC(=O)c1cnc(NC(=O)OC(C)(C)C)c(C#N)c1. The molecule has 0 aromatic carbocycles. The largest absolute Gasteiger partial charge is 0.465 e. The van der Waals surface area contributed by atoms with E-state index in [-0.39, 0.29) is 16.9 Å². The number of nitrogens with zero attached hydrogens (tertiary/aromatic N) is 2. The number of pyridine rings is 1. The number of rotatable bonds is 2. The first-order valence-corrected chi connectivity index (χ1v) is 5.75. The number of carbonyl (C=O) groups is 2. The Labute approximate surface area is 116 Å². The van der Waals surface area contributed by atoms with Gasteiger partial charge in [0.25, 0.3) is 0 Å². The van der Waals surface area contributed by atoms with Crippen molar-refractivity contribution in [1.29, 1.82) is 5.26 Å². The molecule has 0 unspecified atom stereocenters. The van der Waals surface area contributed by atoms with Crippen LogP contribution < -0.4 is 5.32 Å². The van der Waals surface area contributed by atoms with E-state index in [1.807, 2.05) is 6.07 Å². The van der Waals surface area contributed by atoms with Gasteiger partial charge in [-0.15, -0.1) is 0 Å². The highest BCUT2D eigenvalue weighted by Crippen LogP contribution is 2.15. The van der Waals surface area contributed by atoms with Crippen LogP contribution in [0.3, 0.4) is 0 Å². The van der Waals surface area contributed by atoms with E-state index in [0.717, 1.165) is 0 Å². The van der Waals surface area contributed by atoms with Crippen LogP contribution in [0.25, 0.3) is 0 Å². The quantitative estimate of drug-likeness (QED) is 0.830. The molecule has 1 aromatic rings. The van der Waals surface area contributed by atoms with Crippen LogP contribution in [0.1, 0.15) is 36.7 Å². The number of hydrogen-bond donors (Lipinski definition) is 1. The number of hydrogen-bond acceptors (Lipinski definition) is 6. The van der Waals surface area contributed by atoms with E-state index < -0.39 is 17.7 Å². The summed E-state index contributed by atoms with van der Waals surface area (Å²) in [5, 5.41) is 11.4. The van der Waals surface area contributed by atoms with Crippen molar-refractivity contribution in [3.05, 3.63) is 23.4 Å². The molecule has 0 atom stereocenters. The van der Waals surface area contributed by atoms with Crippen molar-refractivity contribution in [2.75, 3.05) is 12.4 Å². The Morgan fingerprint density at radius 2 is 2.05 bits per heavy atom. The van der Waals surface area contributed by atoms with Crippen molar-refractivity contribution >= 4 is 17.9 Å². The predicted molar refractivity (Wildman–Crippen MR) is 70.1 cm³/mol. The smallest absolute Gasteiger partial charge is 0.413 e. The lowest BCUT2D eigenvalue weighted by atomic mass is 10.2. The summed E-state index contributed by atoms with van der Waals surface area (Å²) >= 11 is 0. The standard InChI is InChI=1S/C13H15N3O4/c1-13(2,3)20-12(18)16-10-8(6-14)5-9(7-15-10)11(17)19-4/h5,7H,1-4H3,(H,15,16,18). The summed E-state index contributed by atoms with van der Waals surface area (Å²) in [4.78, 5) is 26.8. The van der Waals surface area contributed by atoms with Crippen LogP contribution >= 0.6 is 0 Å². The number of methoxy groups -OCH3 is 1. The van der Waals surface area contributed by atoms with Gasteiger partial charge in [-0.05, 0) is 26.8 Å². The minimum atomic E-state index is -0.729. The van der Waals surface area contributed by atoms with Gasteiger partial charge in [-0.2, -0.15) is 5.26 Å². The summed E-state index contributed by atoms with van der Waals surface area (Å²) in [6, 6.07) is 3.13. The average Bonchev–Trinajstić information content (AvgIpc) is 2.36. The molecule has 0 saturated carbocycles. The third-order valence-electron chi connectivity index (χ3n) is 2.05. The van der Waals surface area contributed by atoms with Crippen LogP contribution in [0.5, 0.6) is 0 Å². The summed E-state index contributed by atoms with van der Waals surface area (Å²) in [5.41, 5.74) is -0.499. The number of esters is 1. The Hall–Kier alpha value is -2.62. The van der Waals surface area contributed by atoms with Gasteiger partial charge in [0.1, 0.15) is 11.7 Å². The van der Waals surface area contributed by atoms with Crippen LogP contribution in [0.4, 0.5) is 10.6 Å². The van der Waals surface area contributed by atoms with E-state index in [1.165, 1.54) is 19.4 Å².